The van der Waals surface area contributed by atoms with E-state index in [4.69, 9.17) is 9.26 Å². The summed E-state index contributed by atoms with van der Waals surface area (Å²) >= 11 is 1.59. The lowest BCUT2D eigenvalue weighted by Crippen LogP contribution is -2.20. The van der Waals surface area contributed by atoms with Crippen LogP contribution in [0.3, 0.4) is 0 Å². The molecule has 20 heavy (non-hydrogen) atoms. The summed E-state index contributed by atoms with van der Waals surface area (Å²) < 4.78 is 10.6. The Balaban J connectivity index is 1.54. The second-order valence-corrected chi connectivity index (χ2v) is 6.05. The summed E-state index contributed by atoms with van der Waals surface area (Å²) in [6.45, 7) is 0.199. The van der Waals surface area contributed by atoms with Gasteiger partial charge in [0.25, 0.3) is 0 Å². The summed E-state index contributed by atoms with van der Waals surface area (Å²) in [7, 11) is 0. The summed E-state index contributed by atoms with van der Waals surface area (Å²) in [6.07, 6.45) is 5.41. The van der Waals surface area contributed by atoms with E-state index in [1.165, 1.54) is 6.42 Å². The molecule has 1 fully saturated rings. The maximum atomic E-state index is 11.9. The maximum Gasteiger partial charge on any atom is 0.309 e. The van der Waals surface area contributed by atoms with Gasteiger partial charge in [0.2, 0.25) is 0 Å². The van der Waals surface area contributed by atoms with Gasteiger partial charge < -0.3 is 9.26 Å². The topological polar surface area (TPSA) is 52.3 Å². The van der Waals surface area contributed by atoms with Gasteiger partial charge in [-0.3, -0.25) is 4.79 Å². The lowest BCUT2D eigenvalue weighted by molar-refractivity contribution is -0.151. The maximum absolute atomic E-state index is 11.9. The van der Waals surface area contributed by atoms with Crippen molar-refractivity contribution >= 4 is 17.3 Å². The van der Waals surface area contributed by atoms with Crippen molar-refractivity contribution in [1.29, 1.82) is 0 Å². The van der Waals surface area contributed by atoms with Crippen LogP contribution in [0.15, 0.2) is 28.1 Å². The highest BCUT2D eigenvalue weighted by Crippen LogP contribution is 2.27. The number of carbonyl (C=O) groups is 1. The van der Waals surface area contributed by atoms with E-state index in [1.54, 1.807) is 11.3 Å². The average Bonchev–Trinajstić information content (AvgIpc) is 3.16. The molecule has 1 aliphatic rings. The first-order valence-electron chi connectivity index (χ1n) is 6.99. The van der Waals surface area contributed by atoms with Crippen LogP contribution < -0.4 is 0 Å². The predicted molar refractivity (Wildman–Crippen MR) is 76.2 cm³/mol. The third-order valence-corrected chi connectivity index (χ3v) is 4.51. The minimum absolute atomic E-state index is 0.0763. The number of nitrogens with zero attached hydrogens (tertiary/aromatic N) is 1. The van der Waals surface area contributed by atoms with Crippen LogP contribution in [0.1, 0.15) is 37.8 Å². The van der Waals surface area contributed by atoms with E-state index in [2.05, 4.69) is 5.16 Å². The first kappa shape index (κ1) is 13.4. The molecule has 0 N–H and O–H groups in total. The zero-order valence-electron chi connectivity index (χ0n) is 11.2. The van der Waals surface area contributed by atoms with Gasteiger partial charge in [-0.25, -0.2) is 0 Å². The Morgan fingerprint density at radius 1 is 1.40 bits per heavy atom. The van der Waals surface area contributed by atoms with Crippen molar-refractivity contribution < 1.29 is 14.1 Å². The number of carbonyl (C=O) groups excluding carboxylic acids is 1. The molecule has 106 valence electrons. The van der Waals surface area contributed by atoms with Crippen molar-refractivity contribution in [3.05, 3.63) is 29.3 Å². The van der Waals surface area contributed by atoms with Crippen LogP contribution in [-0.2, 0) is 16.1 Å². The van der Waals surface area contributed by atoms with E-state index in [0.29, 0.717) is 5.69 Å². The molecule has 0 bridgehead atoms. The van der Waals surface area contributed by atoms with Gasteiger partial charge in [-0.05, 0) is 24.3 Å². The van der Waals surface area contributed by atoms with E-state index in [-0.39, 0.29) is 18.5 Å². The van der Waals surface area contributed by atoms with Crippen LogP contribution in [0.25, 0.3) is 10.6 Å². The van der Waals surface area contributed by atoms with Crippen LogP contribution in [0, 0.1) is 5.92 Å². The molecule has 0 atom stereocenters. The van der Waals surface area contributed by atoms with Crippen LogP contribution >= 0.6 is 11.3 Å². The molecule has 0 unspecified atom stereocenters. The molecule has 0 spiro atoms. The lowest BCUT2D eigenvalue weighted by Gasteiger charge is -2.19. The Morgan fingerprint density at radius 2 is 2.25 bits per heavy atom. The second kappa shape index (κ2) is 6.22. The van der Waals surface area contributed by atoms with Crippen molar-refractivity contribution in [1.82, 2.24) is 5.16 Å². The molecule has 0 saturated heterocycles. The van der Waals surface area contributed by atoms with Gasteiger partial charge in [-0.15, -0.1) is 11.3 Å². The standard InChI is InChI=1S/C15H17NO3S/c17-15(11-5-2-1-3-6-11)18-10-12-9-13(19-16-12)14-7-4-8-20-14/h4,7-9,11H,1-3,5-6,10H2. The molecular formula is C15H17NO3S. The third-order valence-electron chi connectivity index (χ3n) is 3.62. The highest BCUT2D eigenvalue weighted by atomic mass is 32.1. The number of hydrogen-bond donors (Lipinski definition) is 0. The zero-order valence-corrected chi connectivity index (χ0v) is 12.0. The monoisotopic (exact) mass is 291 g/mol. The molecule has 2 aromatic rings. The fourth-order valence-corrected chi connectivity index (χ4v) is 3.19. The molecule has 0 radical (unpaired) electrons. The number of thiophene rings is 1. The molecule has 1 aliphatic carbocycles. The summed E-state index contributed by atoms with van der Waals surface area (Å²) in [6, 6.07) is 5.77. The summed E-state index contributed by atoms with van der Waals surface area (Å²) in [5, 5.41) is 5.93. The molecule has 5 heteroatoms. The number of aromatic nitrogens is 1. The van der Waals surface area contributed by atoms with Gasteiger partial charge in [0.1, 0.15) is 12.3 Å². The van der Waals surface area contributed by atoms with Crippen molar-refractivity contribution in [2.75, 3.05) is 0 Å². The molecule has 1 saturated carbocycles. The van der Waals surface area contributed by atoms with E-state index >= 15 is 0 Å². The van der Waals surface area contributed by atoms with Crippen LogP contribution in [0.5, 0.6) is 0 Å². The fourth-order valence-electron chi connectivity index (χ4n) is 2.52. The van der Waals surface area contributed by atoms with Crippen LogP contribution in [-0.4, -0.2) is 11.1 Å². The van der Waals surface area contributed by atoms with Crippen molar-refractivity contribution in [2.24, 2.45) is 5.92 Å². The molecular weight excluding hydrogens is 274 g/mol. The minimum Gasteiger partial charge on any atom is -0.459 e. The average molecular weight is 291 g/mol. The SMILES string of the molecule is O=C(OCc1cc(-c2cccs2)on1)C1CCCCC1. The molecule has 0 aliphatic heterocycles. The largest absolute Gasteiger partial charge is 0.459 e. The van der Waals surface area contributed by atoms with Crippen LogP contribution in [0.4, 0.5) is 0 Å². The molecule has 2 heterocycles. The molecule has 0 amide bonds. The Kier molecular flexibility index (Phi) is 4.16. The fraction of sp³-hybridized carbons (Fsp3) is 0.467. The predicted octanol–water partition coefficient (Wildman–Crippen LogP) is 4.03. The highest BCUT2D eigenvalue weighted by molar-refractivity contribution is 7.13. The van der Waals surface area contributed by atoms with Gasteiger partial charge >= 0.3 is 5.97 Å². The quantitative estimate of drug-likeness (QED) is 0.798. The van der Waals surface area contributed by atoms with Gasteiger partial charge in [-0.2, -0.15) is 0 Å². The van der Waals surface area contributed by atoms with Gasteiger partial charge in [0.05, 0.1) is 10.8 Å². The third kappa shape index (κ3) is 3.10. The number of ether oxygens (including phenoxy) is 1. The first-order chi connectivity index (χ1) is 9.83. The van der Waals surface area contributed by atoms with Gasteiger partial charge in [-0.1, -0.05) is 30.5 Å². The summed E-state index contributed by atoms with van der Waals surface area (Å²) in [5.41, 5.74) is 0.664. The van der Waals surface area contributed by atoms with E-state index in [9.17, 15) is 4.79 Å². The van der Waals surface area contributed by atoms with E-state index in [1.807, 2.05) is 23.6 Å². The molecule has 0 aromatic carbocycles. The van der Waals surface area contributed by atoms with E-state index in [0.717, 1.165) is 36.3 Å². The zero-order chi connectivity index (χ0) is 13.8. The molecule has 4 nitrogen and oxygen atoms in total. The summed E-state index contributed by atoms with van der Waals surface area (Å²) in [4.78, 5) is 13.0. The Bertz CT molecular complexity index is 555. The summed E-state index contributed by atoms with van der Waals surface area (Å²) in [5.74, 6) is 0.710. The van der Waals surface area contributed by atoms with Gasteiger partial charge in [0.15, 0.2) is 5.76 Å². The Hall–Kier alpha value is -1.62. The molecule has 3 rings (SSSR count). The smallest absolute Gasteiger partial charge is 0.309 e. The number of esters is 1. The van der Waals surface area contributed by atoms with Crippen molar-refractivity contribution in [3.8, 4) is 10.6 Å². The van der Waals surface area contributed by atoms with Crippen LogP contribution in [0.2, 0.25) is 0 Å². The minimum atomic E-state index is -0.0922. The Morgan fingerprint density at radius 3 is 3.00 bits per heavy atom. The number of hydrogen-bond acceptors (Lipinski definition) is 5. The number of rotatable bonds is 4. The van der Waals surface area contributed by atoms with Gasteiger partial charge in [0, 0.05) is 6.07 Å². The molecule has 2 aromatic heterocycles. The second-order valence-electron chi connectivity index (χ2n) is 5.10. The van der Waals surface area contributed by atoms with E-state index < -0.39 is 0 Å². The highest BCUT2D eigenvalue weighted by Gasteiger charge is 2.22. The Labute approximate surface area is 121 Å². The normalized spacial score (nSPS) is 16.2. The van der Waals surface area contributed by atoms with Crippen molar-refractivity contribution in [2.45, 2.75) is 38.7 Å². The van der Waals surface area contributed by atoms with Crippen molar-refractivity contribution in [3.63, 3.8) is 0 Å². The lowest BCUT2D eigenvalue weighted by atomic mass is 9.89. The first-order valence-corrected chi connectivity index (χ1v) is 7.87.